The van der Waals surface area contributed by atoms with E-state index in [2.05, 4.69) is 5.32 Å². The van der Waals surface area contributed by atoms with Gasteiger partial charge in [0.2, 0.25) is 0 Å². The first-order valence-corrected chi connectivity index (χ1v) is 6.71. The summed E-state index contributed by atoms with van der Waals surface area (Å²) in [5.41, 5.74) is 7.18. The van der Waals surface area contributed by atoms with E-state index in [9.17, 15) is 4.79 Å². The van der Waals surface area contributed by atoms with Crippen LogP contribution in [0.3, 0.4) is 0 Å². The monoisotopic (exact) mass is 285 g/mol. The van der Waals surface area contributed by atoms with Crippen LogP contribution in [0.1, 0.15) is 45.7 Å². The summed E-state index contributed by atoms with van der Waals surface area (Å²) in [6.45, 7) is 11.4. The minimum atomic E-state index is -0.667. The number of benzene rings is 1. The standard InChI is InChI=1S/C10H12ClN3O.2C2H6/c1-5-3-7(11)9(6(2)12)8(4-5)14-10(13)15;2*1-2/h3-4,12H,1-2H3,(H3,13,14,15);2*1-2H3. The molecule has 0 spiro atoms. The first-order valence-electron chi connectivity index (χ1n) is 6.34. The number of anilines is 1. The number of urea groups is 1. The van der Waals surface area contributed by atoms with Gasteiger partial charge in [-0.05, 0) is 31.5 Å². The van der Waals surface area contributed by atoms with Crippen LogP contribution in [0.5, 0.6) is 0 Å². The summed E-state index contributed by atoms with van der Waals surface area (Å²) in [7, 11) is 0. The van der Waals surface area contributed by atoms with Crippen molar-refractivity contribution >= 4 is 29.0 Å². The zero-order chi connectivity index (χ0) is 15.6. The number of halogens is 1. The lowest BCUT2D eigenvalue weighted by molar-refractivity contribution is 0.259. The normalized spacial score (nSPS) is 8.37. The van der Waals surface area contributed by atoms with Crippen molar-refractivity contribution in [1.29, 1.82) is 5.41 Å². The fourth-order valence-electron chi connectivity index (χ4n) is 1.35. The van der Waals surface area contributed by atoms with Crippen LogP contribution in [0.25, 0.3) is 0 Å². The molecule has 0 atom stereocenters. The van der Waals surface area contributed by atoms with Gasteiger partial charge in [0.1, 0.15) is 0 Å². The van der Waals surface area contributed by atoms with E-state index in [0.29, 0.717) is 16.3 Å². The maximum absolute atomic E-state index is 10.8. The van der Waals surface area contributed by atoms with Crippen LogP contribution >= 0.6 is 11.6 Å². The van der Waals surface area contributed by atoms with E-state index in [1.807, 2.05) is 34.6 Å². The highest BCUT2D eigenvalue weighted by Crippen LogP contribution is 2.26. The molecule has 0 bridgehead atoms. The Hall–Kier alpha value is -1.55. The van der Waals surface area contributed by atoms with Gasteiger partial charge < -0.3 is 16.5 Å². The number of primary amides is 1. The summed E-state index contributed by atoms with van der Waals surface area (Å²) in [5, 5.41) is 10.4. The largest absolute Gasteiger partial charge is 0.351 e. The van der Waals surface area contributed by atoms with Gasteiger partial charge in [0, 0.05) is 11.3 Å². The van der Waals surface area contributed by atoms with Crippen molar-refractivity contribution in [3.05, 3.63) is 28.3 Å². The van der Waals surface area contributed by atoms with Crippen LogP contribution in [0.15, 0.2) is 12.1 Å². The van der Waals surface area contributed by atoms with Crippen LogP contribution < -0.4 is 11.1 Å². The smallest absolute Gasteiger partial charge is 0.316 e. The Bertz CT molecular complexity index is 431. The number of carbonyl (C=O) groups excluding carboxylic acids is 1. The van der Waals surface area contributed by atoms with Crippen LogP contribution in [0.4, 0.5) is 10.5 Å². The summed E-state index contributed by atoms with van der Waals surface area (Å²) in [6.07, 6.45) is 0. The van der Waals surface area contributed by atoms with E-state index in [0.717, 1.165) is 5.56 Å². The van der Waals surface area contributed by atoms with Gasteiger partial charge in [0.25, 0.3) is 0 Å². The second-order valence-corrected chi connectivity index (χ2v) is 3.69. The molecule has 0 heterocycles. The summed E-state index contributed by atoms with van der Waals surface area (Å²) in [4.78, 5) is 10.8. The lowest BCUT2D eigenvalue weighted by Gasteiger charge is -2.11. The molecular formula is C14H24ClN3O. The number of carbonyl (C=O) groups is 1. The molecular weight excluding hydrogens is 262 g/mol. The first-order chi connectivity index (χ1) is 8.91. The maximum Gasteiger partial charge on any atom is 0.316 e. The molecule has 5 heteroatoms. The van der Waals surface area contributed by atoms with Gasteiger partial charge in [-0.25, -0.2) is 4.79 Å². The highest BCUT2D eigenvalue weighted by atomic mass is 35.5. The summed E-state index contributed by atoms with van der Waals surface area (Å²) < 4.78 is 0. The van der Waals surface area contributed by atoms with Gasteiger partial charge in [-0.15, -0.1) is 0 Å². The number of rotatable bonds is 2. The average Bonchev–Trinajstić information content (AvgIpc) is 2.31. The number of aryl methyl sites for hydroxylation is 1. The molecule has 4 N–H and O–H groups in total. The molecule has 19 heavy (non-hydrogen) atoms. The van der Waals surface area contributed by atoms with Gasteiger partial charge in [0.05, 0.1) is 10.7 Å². The summed E-state index contributed by atoms with van der Waals surface area (Å²) in [5.74, 6) is 0. The van der Waals surface area contributed by atoms with Crippen molar-refractivity contribution in [2.24, 2.45) is 5.73 Å². The molecule has 0 saturated carbocycles. The Morgan fingerprint density at radius 3 is 2.11 bits per heavy atom. The predicted octanol–water partition coefficient (Wildman–Crippen LogP) is 4.58. The quantitative estimate of drug-likeness (QED) is 0.683. The molecule has 0 aromatic heterocycles. The van der Waals surface area contributed by atoms with E-state index in [1.165, 1.54) is 0 Å². The number of nitrogens with one attached hydrogen (secondary N) is 2. The molecule has 0 radical (unpaired) electrons. The fourth-order valence-corrected chi connectivity index (χ4v) is 1.77. The molecule has 0 fully saturated rings. The van der Waals surface area contributed by atoms with Crippen LogP contribution in [0.2, 0.25) is 5.02 Å². The van der Waals surface area contributed by atoms with E-state index >= 15 is 0 Å². The van der Waals surface area contributed by atoms with Gasteiger partial charge in [-0.3, -0.25) is 0 Å². The number of amides is 2. The molecule has 1 rings (SSSR count). The molecule has 0 unspecified atom stereocenters. The third-order valence-electron chi connectivity index (χ3n) is 1.87. The SMILES string of the molecule is CC.CC.CC(=N)c1c(Cl)cc(C)cc1NC(N)=O. The van der Waals surface area contributed by atoms with Crippen molar-refractivity contribution in [2.45, 2.75) is 41.5 Å². The van der Waals surface area contributed by atoms with Gasteiger partial charge in [-0.2, -0.15) is 0 Å². The molecule has 2 amide bonds. The predicted molar refractivity (Wildman–Crippen MR) is 84.6 cm³/mol. The molecule has 1 aromatic rings. The third kappa shape index (κ3) is 6.82. The third-order valence-corrected chi connectivity index (χ3v) is 2.17. The Kier molecular flexibility index (Phi) is 10.8. The van der Waals surface area contributed by atoms with Gasteiger partial charge >= 0.3 is 6.03 Å². The second kappa shape index (κ2) is 10.4. The molecule has 0 aliphatic rings. The summed E-state index contributed by atoms with van der Waals surface area (Å²) in [6, 6.07) is 2.80. The first kappa shape index (κ1) is 19.8. The van der Waals surface area contributed by atoms with E-state index in [1.54, 1.807) is 19.1 Å². The van der Waals surface area contributed by atoms with Gasteiger partial charge in [0.15, 0.2) is 0 Å². The van der Waals surface area contributed by atoms with E-state index in [-0.39, 0.29) is 5.71 Å². The zero-order valence-electron chi connectivity index (χ0n) is 12.5. The minimum absolute atomic E-state index is 0.281. The van der Waals surface area contributed by atoms with Crippen molar-refractivity contribution in [3.63, 3.8) is 0 Å². The second-order valence-electron chi connectivity index (χ2n) is 3.28. The minimum Gasteiger partial charge on any atom is -0.351 e. The Morgan fingerprint density at radius 1 is 1.26 bits per heavy atom. The molecule has 4 nitrogen and oxygen atoms in total. The Labute approximate surface area is 120 Å². The van der Waals surface area contributed by atoms with Gasteiger partial charge in [-0.1, -0.05) is 39.3 Å². The molecule has 0 aliphatic carbocycles. The van der Waals surface area contributed by atoms with Crippen LogP contribution in [-0.4, -0.2) is 11.7 Å². The Balaban J connectivity index is 0. The van der Waals surface area contributed by atoms with E-state index < -0.39 is 6.03 Å². The Morgan fingerprint density at radius 2 is 1.74 bits per heavy atom. The number of hydrogen-bond acceptors (Lipinski definition) is 2. The lowest BCUT2D eigenvalue weighted by Crippen LogP contribution is -2.21. The number of nitrogens with two attached hydrogens (primary N) is 1. The fraction of sp³-hybridized carbons (Fsp3) is 0.429. The topological polar surface area (TPSA) is 79.0 Å². The number of hydrogen-bond donors (Lipinski definition) is 3. The van der Waals surface area contributed by atoms with Crippen LogP contribution in [0, 0.1) is 12.3 Å². The maximum atomic E-state index is 10.8. The molecule has 0 aliphatic heterocycles. The van der Waals surface area contributed by atoms with E-state index in [4.69, 9.17) is 22.7 Å². The lowest BCUT2D eigenvalue weighted by atomic mass is 10.1. The molecule has 1 aromatic carbocycles. The van der Waals surface area contributed by atoms with Crippen LogP contribution in [-0.2, 0) is 0 Å². The summed E-state index contributed by atoms with van der Waals surface area (Å²) >= 11 is 5.98. The highest BCUT2D eigenvalue weighted by molar-refractivity contribution is 6.35. The average molecular weight is 286 g/mol. The molecule has 108 valence electrons. The molecule has 0 saturated heterocycles. The van der Waals surface area contributed by atoms with Crippen molar-refractivity contribution in [1.82, 2.24) is 0 Å². The van der Waals surface area contributed by atoms with Crippen molar-refractivity contribution < 1.29 is 4.79 Å². The zero-order valence-corrected chi connectivity index (χ0v) is 13.3. The van der Waals surface area contributed by atoms with Crippen molar-refractivity contribution in [3.8, 4) is 0 Å². The highest BCUT2D eigenvalue weighted by Gasteiger charge is 2.11. The van der Waals surface area contributed by atoms with Crippen molar-refractivity contribution in [2.75, 3.05) is 5.32 Å².